The molecule has 112 valence electrons. The SMILES string of the molecule is COC(=O)c1ccccc1C(=O)Cc1ccccc1C(C)=O. The molecule has 0 amide bonds. The van der Waals surface area contributed by atoms with Crippen LogP contribution in [0, 0.1) is 0 Å². The van der Waals surface area contributed by atoms with Crippen LogP contribution in [0.4, 0.5) is 0 Å². The van der Waals surface area contributed by atoms with Crippen LogP contribution in [-0.2, 0) is 11.2 Å². The number of carbonyl (C=O) groups excluding carboxylic acids is 3. The Hall–Kier alpha value is -2.75. The standard InChI is InChI=1S/C18H16O4/c1-12(19)14-8-4-3-7-13(14)11-17(20)15-9-5-6-10-16(15)18(21)22-2/h3-10H,11H2,1-2H3. The van der Waals surface area contributed by atoms with Crippen LogP contribution in [0.15, 0.2) is 48.5 Å². The van der Waals surface area contributed by atoms with Gasteiger partial charge in [-0.15, -0.1) is 0 Å². The summed E-state index contributed by atoms with van der Waals surface area (Å²) in [5.74, 6) is -0.872. The van der Waals surface area contributed by atoms with Gasteiger partial charge >= 0.3 is 5.97 Å². The lowest BCUT2D eigenvalue weighted by Gasteiger charge is -2.09. The highest BCUT2D eigenvalue weighted by Gasteiger charge is 2.18. The van der Waals surface area contributed by atoms with E-state index in [4.69, 9.17) is 4.74 Å². The predicted molar refractivity (Wildman–Crippen MR) is 82.3 cm³/mol. The van der Waals surface area contributed by atoms with E-state index in [9.17, 15) is 14.4 Å². The molecule has 0 bridgehead atoms. The summed E-state index contributed by atoms with van der Waals surface area (Å²) in [5, 5.41) is 0. The zero-order valence-corrected chi connectivity index (χ0v) is 12.5. The first-order valence-corrected chi connectivity index (χ1v) is 6.84. The molecule has 0 saturated heterocycles. The van der Waals surface area contributed by atoms with Crippen LogP contribution in [0.3, 0.4) is 0 Å². The lowest BCUT2D eigenvalue weighted by molar-refractivity contribution is 0.0597. The first kappa shape index (κ1) is 15.6. The molecule has 0 radical (unpaired) electrons. The van der Waals surface area contributed by atoms with E-state index < -0.39 is 5.97 Å². The Kier molecular flexibility index (Phi) is 4.84. The second kappa shape index (κ2) is 6.80. The molecule has 0 heterocycles. The van der Waals surface area contributed by atoms with Crippen LogP contribution in [-0.4, -0.2) is 24.6 Å². The summed E-state index contributed by atoms with van der Waals surface area (Å²) in [6.07, 6.45) is 0.0593. The van der Waals surface area contributed by atoms with E-state index in [-0.39, 0.29) is 23.6 Å². The second-order valence-corrected chi connectivity index (χ2v) is 4.85. The largest absolute Gasteiger partial charge is 0.465 e. The average molecular weight is 296 g/mol. The van der Waals surface area contributed by atoms with Gasteiger partial charge in [-0.1, -0.05) is 42.5 Å². The van der Waals surface area contributed by atoms with Crippen LogP contribution in [0.2, 0.25) is 0 Å². The monoisotopic (exact) mass is 296 g/mol. The molecule has 0 N–H and O–H groups in total. The lowest BCUT2D eigenvalue weighted by atomic mass is 9.95. The van der Waals surface area contributed by atoms with Crippen molar-refractivity contribution in [3.63, 3.8) is 0 Å². The normalized spacial score (nSPS) is 10.1. The predicted octanol–water partition coefficient (Wildman–Crippen LogP) is 3.10. The topological polar surface area (TPSA) is 60.4 Å². The van der Waals surface area contributed by atoms with E-state index in [1.54, 1.807) is 48.5 Å². The highest BCUT2D eigenvalue weighted by molar-refractivity contribution is 6.08. The maximum atomic E-state index is 12.5. The Morgan fingerprint density at radius 3 is 2.00 bits per heavy atom. The number of rotatable bonds is 5. The number of hydrogen-bond donors (Lipinski definition) is 0. The molecule has 0 aliphatic carbocycles. The smallest absolute Gasteiger partial charge is 0.338 e. The molecule has 22 heavy (non-hydrogen) atoms. The van der Waals surface area contributed by atoms with E-state index in [1.165, 1.54) is 14.0 Å². The number of carbonyl (C=O) groups is 3. The number of ether oxygens (including phenoxy) is 1. The number of Topliss-reactive ketones (excluding diaryl/α,β-unsaturated/α-hetero) is 2. The van der Waals surface area contributed by atoms with Gasteiger partial charge in [-0.2, -0.15) is 0 Å². The molecule has 0 aliphatic rings. The van der Waals surface area contributed by atoms with Crippen LogP contribution < -0.4 is 0 Å². The molecule has 0 spiro atoms. The molecule has 4 nitrogen and oxygen atoms in total. The van der Waals surface area contributed by atoms with Crippen molar-refractivity contribution in [2.75, 3.05) is 7.11 Å². The summed E-state index contributed by atoms with van der Waals surface area (Å²) in [7, 11) is 1.27. The molecule has 0 atom stereocenters. The number of hydrogen-bond acceptors (Lipinski definition) is 4. The molecule has 0 saturated carbocycles. The molecule has 4 heteroatoms. The molecule has 2 aromatic carbocycles. The van der Waals surface area contributed by atoms with Gasteiger partial charge in [-0.05, 0) is 18.6 Å². The van der Waals surface area contributed by atoms with E-state index in [1.807, 2.05) is 0 Å². The second-order valence-electron chi connectivity index (χ2n) is 4.85. The third-order valence-corrected chi connectivity index (χ3v) is 3.38. The quantitative estimate of drug-likeness (QED) is 0.628. The van der Waals surface area contributed by atoms with E-state index >= 15 is 0 Å². The van der Waals surface area contributed by atoms with Crippen molar-refractivity contribution in [1.82, 2.24) is 0 Å². The fourth-order valence-corrected chi connectivity index (χ4v) is 2.30. The third kappa shape index (κ3) is 3.28. The summed E-state index contributed by atoms with van der Waals surface area (Å²) in [5.41, 5.74) is 1.70. The Bertz CT molecular complexity index is 731. The van der Waals surface area contributed by atoms with Gasteiger partial charge < -0.3 is 4.74 Å². The van der Waals surface area contributed by atoms with Crippen molar-refractivity contribution in [3.8, 4) is 0 Å². The Balaban J connectivity index is 2.35. The summed E-state index contributed by atoms with van der Waals surface area (Å²) in [4.78, 5) is 35.9. The van der Waals surface area contributed by atoms with Crippen LogP contribution in [0.1, 0.15) is 43.6 Å². The third-order valence-electron chi connectivity index (χ3n) is 3.38. The van der Waals surface area contributed by atoms with E-state index in [0.29, 0.717) is 16.7 Å². The number of benzene rings is 2. The molecule has 0 aliphatic heterocycles. The van der Waals surface area contributed by atoms with Gasteiger partial charge in [0.1, 0.15) is 0 Å². The van der Waals surface area contributed by atoms with Crippen molar-refractivity contribution in [2.24, 2.45) is 0 Å². The van der Waals surface area contributed by atoms with Crippen molar-refractivity contribution < 1.29 is 19.1 Å². The molecule has 2 aromatic rings. The van der Waals surface area contributed by atoms with Crippen molar-refractivity contribution in [1.29, 1.82) is 0 Å². The molecule has 0 aromatic heterocycles. The molecule has 0 unspecified atom stereocenters. The first-order chi connectivity index (χ1) is 10.5. The number of esters is 1. The highest BCUT2D eigenvalue weighted by atomic mass is 16.5. The van der Waals surface area contributed by atoms with Crippen molar-refractivity contribution in [3.05, 3.63) is 70.8 Å². The summed E-state index contributed by atoms with van der Waals surface area (Å²) >= 11 is 0. The van der Waals surface area contributed by atoms with Gasteiger partial charge in [0.05, 0.1) is 12.7 Å². The van der Waals surface area contributed by atoms with Gasteiger partial charge in [0, 0.05) is 17.5 Å². The van der Waals surface area contributed by atoms with Crippen LogP contribution >= 0.6 is 0 Å². The number of ketones is 2. The zero-order chi connectivity index (χ0) is 16.1. The van der Waals surface area contributed by atoms with Gasteiger partial charge in [0.2, 0.25) is 0 Å². The molecule has 0 fully saturated rings. The highest BCUT2D eigenvalue weighted by Crippen LogP contribution is 2.16. The van der Waals surface area contributed by atoms with E-state index in [2.05, 4.69) is 0 Å². The van der Waals surface area contributed by atoms with Crippen molar-refractivity contribution >= 4 is 17.5 Å². The maximum absolute atomic E-state index is 12.5. The van der Waals surface area contributed by atoms with Gasteiger partial charge in [-0.3, -0.25) is 9.59 Å². The minimum atomic E-state index is -0.552. The summed E-state index contributed by atoms with van der Waals surface area (Å²) < 4.78 is 4.69. The zero-order valence-electron chi connectivity index (χ0n) is 12.5. The fourth-order valence-electron chi connectivity index (χ4n) is 2.30. The molecular formula is C18H16O4. The lowest BCUT2D eigenvalue weighted by Crippen LogP contribution is -2.13. The van der Waals surface area contributed by atoms with Gasteiger partial charge in [-0.25, -0.2) is 4.79 Å². The van der Waals surface area contributed by atoms with E-state index in [0.717, 1.165) is 0 Å². The summed E-state index contributed by atoms with van der Waals surface area (Å²) in [6.45, 7) is 1.46. The van der Waals surface area contributed by atoms with Crippen LogP contribution in [0.5, 0.6) is 0 Å². The Labute approximate surface area is 128 Å². The minimum absolute atomic E-state index is 0.0593. The van der Waals surface area contributed by atoms with Gasteiger partial charge in [0.25, 0.3) is 0 Å². The first-order valence-electron chi connectivity index (χ1n) is 6.84. The van der Waals surface area contributed by atoms with Crippen molar-refractivity contribution in [2.45, 2.75) is 13.3 Å². The Morgan fingerprint density at radius 1 is 0.864 bits per heavy atom. The number of methoxy groups -OCH3 is 1. The Morgan fingerprint density at radius 2 is 1.41 bits per heavy atom. The summed E-state index contributed by atoms with van der Waals surface area (Å²) in [6, 6.07) is 13.5. The van der Waals surface area contributed by atoms with Gasteiger partial charge in [0.15, 0.2) is 11.6 Å². The maximum Gasteiger partial charge on any atom is 0.338 e. The average Bonchev–Trinajstić information content (AvgIpc) is 2.54. The minimum Gasteiger partial charge on any atom is -0.465 e. The molecular weight excluding hydrogens is 280 g/mol. The fraction of sp³-hybridized carbons (Fsp3) is 0.167. The molecule has 2 rings (SSSR count). The van der Waals surface area contributed by atoms with Crippen LogP contribution in [0.25, 0.3) is 0 Å².